The van der Waals surface area contributed by atoms with Crippen LogP contribution >= 0.6 is 0 Å². The fraction of sp³-hybridized carbons (Fsp3) is 0.435. The number of para-hydroxylation sites is 2. The number of amides is 1. The molecule has 1 aliphatic rings. The molecule has 0 spiro atoms. The van der Waals surface area contributed by atoms with Crippen molar-refractivity contribution >= 4 is 11.6 Å². The van der Waals surface area contributed by atoms with Gasteiger partial charge in [0.05, 0.1) is 33.1 Å². The minimum atomic E-state index is -0.210. The molecule has 1 atom stereocenters. The zero-order chi connectivity index (χ0) is 21.5. The third-order valence-corrected chi connectivity index (χ3v) is 5.55. The van der Waals surface area contributed by atoms with E-state index in [1.807, 2.05) is 43.3 Å². The van der Waals surface area contributed by atoms with E-state index in [0.29, 0.717) is 11.4 Å². The van der Waals surface area contributed by atoms with E-state index >= 15 is 0 Å². The lowest BCUT2D eigenvalue weighted by molar-refractivity contribution is -0.121. The number of carbonyl (C=O) groups excluding carboxylic acids is 1. The summed E-state index contributed by atoms with van der Waals surface area (Å²) in [6.07, 6.45) is 0. The van der Waals surface area contributed by atoms with E-state index in [0.717, 1.165) is 44.2 Å². The molecule has 2 aromatic rings. The summed E-state index contributed by atoms with van der Waals surface area (Å²) in [6, 6.07) is 13.3. The van der Waals surface area contributed by atoms with Gasteiger partial charge in [-0.05, 0) is 36.8 Å². The summed E-state index contributed by atoms with van der Waals surface area (Å²) in [5, 5.41) is 2.99. The molecule has 1 N–H and O–H groups in total. The lowest BCUT2D eigenvalue weighted by atomic mass is 10.1. The molecule has 0 saturated carbocycles. The van der Waals surface area contributed by atoms with Crippen LogP contribution in [0, 0.1) is 0 Å². The lowest BCUT2D eigenvalue weighted by Crippen LogP contribution is -2.52. The molecule has 0 bridgehead atoms. The predicted molar refractivity (Wildman–Crippen MR) is 117 cm³/mol. The number of carbonyl (C=O) groups is 1. The van der Waals surface area contributed by atoms with Gasteiger partial charge in [0.2, 0.25) is 5.91 Å². The Balaban J connectivity index is 1.53. The first-order chi connectivity index (χ1) is 14.5. The van der Waals surface area contributed by atoms with Gasteiger partial charge in [0.1, 0.15) is 5.75 Å². The largest absolute Gasteiger partial charge is 0.495 e. The summed E-state index contributed by atoms with van der Waals surface area (Å²) in [7, 11) is 4.89. The summed E-state index contributed by atoms with van der Waals surface area (Å²) in [5.74, 6) is 2.13. The van der Waals surface area contributed by atoms with Crippen molar-refractivity contribution in [3.05, 3.63) is 48.0 Å². The van der Waals surface area contributed by atoms with Gasteiger partial charge in [-0.3, -0.25) is 14.6 Å². The van der Waals surface area contributed by atoms with E-state index in [1.54, 1.807) is 21.3 Å². The number of nitrogens with one attached hydrogen (secondary N) is 1. The molecule has 0 aliphatic carbocycles. The second-order valence-electron chi connectivity index (χ2n) is 7.37. The van der Waals surface area contributed by atoms with E-state index < -0.39 is 0 Å². The Labute approximate surface area is 178 Å². The van der Waals surface area contributed by atoms with Gasteiger partial charge < -0.3 is 19.5 Å². The van der Waals surface area contributed by atoms with E-state index in [1.165, 1.54) is 5.56 Å². The summed E-state index contributed by atoms with van der Waals surface area (Å²) in [4.78, 5) is 17.3. The number of rotatable bonds is 8. The molecule has 3 rings (SSSR count). The van der Waals surface area contributed by atoms with Crippen molar-refractivity contribution in [3.63, 3.8) is 0 Å². The number of methoxy groups -OCH3 is 3. The topological polar surface area (TPSA) is 63.3 Å². The van der Waals surface area contributed by atoms with E-state index in [9.17, 15) is 4.79 Å². The number of benzene rings is 2. The minimum absolute atomic E-state index is 0.0205. The monoisotopic (exact) mass is 413 g/mol. The number of anilines is 1. The highest BCUT2D eigenvalue weighted by Crippen LogP contribution is 2.28. The number of piperazine rings is 1. The second kappa shape index (κ2) is 10.3. The number of hydrogen-bond donors (Lipinski definition) is 1. The van der Waals surface area contributed by atoms with Crippen LogP contribution < -0.4 is 19.5 Å². The molecule has 1 fully saturated rings. The van der Waals surface area contributed by atoms with E-state index in [2.05, 4.69) is 21.2 Å². The maximum Gasteiger partial charge on any atom is 0.241 e. The normalized spacial score (nSPS) is 16.0. The Bertz CT molecular complexity index is 850. The van der Waals surface area contributed by atoms with Crippen LogP contribution in [0.4, 0.5) is 5.69 Å². The highest BCUT2D eigenvalue weighted by molar-refractivity contribution is 5.95. The Morgan fingerprint density at radius 3 is 2.27 bits per heavy atom. The van der Waals surface area contributed by atoms with Crippen molar-refractivity contribution in [1.29, 1.82) is 0 Å². The lowest BCUT2D eigenvalue weighted by Gasteiger charge is -2.37. The summed E-state index contributed by atoms with van der Waals surface area (Å²) in [6.45, 7) is 6.29. The zero-order valence-corrected chi connectivity index (χ0v) is 18.2. The standard InChI is InChI=1S/C23H31N3O4/c1-17(23(27)24-19-7-5-6-8-20(19)28-2)26-13-11-25(12-14-26)16-18-9-10-21(29-3)22(15-18)30-4/h5-10,15,17H,11-14,16H2,1-4H3,(H,24,27)/t17-/m0/s1. The molecule has 0 unspecified atom stereocenters. The van der Waals surface area contributed by atoms with Gasteiger partial charge in [-0.1, -0.05) is 18.2 Å². The second-order valence-corrected chi connectivity index (χ2v) is 7.37. The maximum atomic E-state index is 12.7. The molecule has 0 aromatic heterocycles. The number of hydrogen-bond acceptors (Lipinski definition) is 6. The number of nitrogens with zero attached hydrogens (tertiary/aromatic N) is 2. The van der Waals surface area contributed by atoms with Crippen LogP contribution in [0.3, 0.4) is 0 Å². The Hall–Kier alpha value is -2.77. The van der Waals surface area contributed by atoms with Gasteiger partial charge >= 0.3 is 0 Å². The smallest absolute Gasteiger partial charge is 0.241 e. The molecular weight excluding hydrogens is 382 g/mol. The third kappa shape index (κ3) is 5.23. The van der Waals surface area contributed by atoms with Gasteiger partial charge in [-0.15, -0.1) is 0 Å². The fourth-order valence-corrected chi connectivity index (χ4v) is 3.70. The molecule has 7 nitrogen and oxygen atoms in total. The molecule has 7 heteroatoms. The third-order valence-electron chi connectivity index (χ3n) is 5.55. The average Bonchev–Trinajstić information content (AvgIpc) is 2.79. The number of ether oxygens (including phenoxy) is 3. The minimum Gasteiger partial charge on any atom is -0.495 e. The van der Waals surface area contributed by atoms with Gasteiger partial charge in [-0.2, -0.15) is 0 Å². The van der Waals surface area contributed by atoms with Crippen LogP contribution in [0.2, 0.25) is 0 Å². The van der Waals surface area contributed by atoms with Crippen LogP contribution in [-0.4, -0.2) is 69.3 Å². The summed E-state index contributed by atoms with van der Waals surface area (Å²) < 4.78 is 16.0. The first-order valence-corrected chi connectivity index (χ1v) is 10.2. The zero-order valence-electron chi connectivity index (χ0n) is 18.2. The molecule has 30 heavy (non-hydrogen) atoms. The molecular formula is C23H31N3O4. The Kier molecular flexibility index (Phi) is 7.54. The maximum absolute atomic E-state index is 12.7. The Morgan fingerprint density at radius 2 is 1.60 bits per heavy atom. The van der Waals surface area contributed by atoms with Crippen molar-refractivity contribution in [1.82, 2.24) is 9.80 Å². The SMILES string of the molecule is COc1ccccc1NC(=O)[C@H](C)N1CCN(Cc2ccc(OC)c(OC)c2)CC1. The van der Waals surface area contributed by atoms with Gasteiger partial charge in [0.15, 0.2) is 11.5 Å². The quantitative estimate of drug-likeness (QED) is 0.718. The predicted octanol–water partition coefficient (Wildman–Crippen LogP) is 2.86. The van der Waals surface area contributed by atoms with Crippen LogP contribution in [0.15, 0.2) is 42.5 Å². The van der Waals surface area contributed by atoms with Crippen LogP contribution in [0.1, 0.15) is 12.5 Å². The van der Waals surface area contributed by atoms with E-state index in [4.69, 9.17) is 14.2 Å². The van der Waals surface area contributed by atoms with Crippen molar-refractivity contribution in [2.45, 2.75) is 19.5 Å². The first-order valence-electron chi connectivity index (χ1n) is 10.2. The highest BCUT2D eigenvalue weighted by Gasteiger charge is 2.26. The van der Waals surface area contributed by atoms with E-state index in [-0.39, 0.29) is 11.9 Å². The summed E-state index contributed by atoms with van der Waals surface area (Å²) in [5.41, 5.74) is 1.88. The van der Waals surface area contributed by atoms with Crippen LogP contribution in [-0.2, 0) is 11.3 Å². The van der Waals surface area contributed by atoms with Gasteiger partial charge in [0, 0.05) is 32.7 Å². The van der Waals surface area contributed by atoms with Gasteiger partial charge in [-0.25, -0.2) is 0 Å². The molecule has 162 valence electrons. The average molecular weight is 414 g/mol. The molecule has 0 radical (unpaired) electrons. The van der Waals surface area contributed by atoms with Crippen molar-refractivity contribution in [2.24, 2.45) is 0 Å². The first kappa shape index (κ1) is 21.9. The molecule has 1 aliphatic heterocycles. The van der Waals surface area contributed by atoms with Crippen molar-refractivity contribution < 1.29 is 19.0 Å². The van der Waals surface area contributed by atoms with Crippen LogP contribution in [0.25, 0.3) is 0 Å². The van der Waals surface area contributed by atoms with Gasteiger partial charge in [0.25, 0.3) is 0 Å². The molecule has 1 amide bonds. The Morgan fingerprint density at radius 1 is 0.933 bits per heavy atom. The van der Waals surface area contributed by atoms with Crippen molar-refractivity contribution in [2.75, 3.05) is 52.8 Å². The summed E-state index contributed by atoms with van der Waals surface area (Å²) >= 11 is 0. The molecule has 1 saturated heterocycles. The van der Waals surface area contributed by atoms with Crippen LogP contribution in [0.5, 0.6) is 17.2 Å². The van der Waals surface area contributed by atoms with Crippen molar-refractivity contribution in [3.8, 4) is 17.2 Å². The molecule has 1 heterocycles. The highest BCUT2D eigenvalue weighted by atomic mass is 16.5. The fourth-order valence-electron chi connectivity index (χ4n) is 3.70. The molecule has 2 aromatic carbocycles.